The van der Waals surface area contributed by atoms with E-state index in [2.05, 4.69) is 16.4 Å². The normalized spacial score (nSPS) is 24.1. The van der Waals surface area contributed by atoms with Gasteiger partial charge in [-0.2, -0.15) is 0 Å². The van der Waals surface area contributed by atoms with Crippen LogP contribution in [0, 0.1) is 11.3 Å². The number of carbonyl (C=O) groups excluding carboxylic acids is 1. The lowest BCUT2D eigenvalue weighted by Crippen LogP contribution is -2.30. The van der Waals surface area contributed by atoms with Crippen LogP contribution in [0.5, 0.6) is 0 Å². The number of thiazole rings is 1. The Labute approximate surface area is 122 Å². The Hall–Kier alpha value is -1.26. The number of para-hydroxylation sites is 1. The lowest BCUT2D eigenvalue weighted by atomic mass is 9.90. The van der Waals surface area contributed by atoms with Gasteiger partial charge in [-0.3, -0.25) is 4.79 Å². The highest BCUT2D eigenvalue weighted by molar-refractivity contribution is 7.18. The standard InChI is InChI=1S/C16H18N2OS/c19-13(11-10-16(11)5-7-17-8-6-16)9-15-18-12-3-1-2-4-14(12)20-15/h1-4,11,17H,5-10H2. The monoisotopic (exact) mass is 286 g/mol. The average Bonchev–Trinajstić information content (AvgIpc) is 2.99. The predicted octanol–water partition coefficient (Wildman–Crippen LogP) is 2.80. The quantitative estimate of drug-likeness (QED) is 0.943. The summed E-state index contributed by atoms with van der Waals surface area (Å²) in [7, 11) is 0. The zero-order valence-corrected chi connectivity index (χ0v) is 12.2. The van der Waals surface area contributed by atoms with Crippen molar-refractivity contribution in [3.8, 4) is 0 Å². The van der Waals surface area contributed by atoms with Crippen LogP contribution in [0.2, 0.25) is 0 Å². The van der Waals surface area contributed by atoms with Gasteiger partial charge in [0.1, 0.15) is 10.8 Å². The van der Waals surface area contributed by atoms with Crippen molar-refractivity contribution in [2.24, 2.45) is 11.3 Å². The van der Waals surface area contributed by atoms with E-state index in [1.165, 1.54) is 17.5 Å². The second kappa shape index (κ2) is 4.64. The maximum Gasteiger partial charge on any atom is 0.143 e. The van der Waals surface area contributed by atoms with Gasteiger partial charge in [-0.15, -0.1) is 11.3 Å². The zero-order chi connectivity index (χ0) is 13.6. The number of benzene rings is 1. The molecular formula is C16H18N2OS. The Morgan fingerprint density at radius 3 is 2.95 bits per heavy atom. The van der Waals surface area contributed by atoms with Crippen molar-refractivity contribution >= 4 is 27.3 Å². The van der Waals surface area contributed by atoms with E-state index in [1.54, 1.807) is 11.3 Å². The smallest absolute Gasteiger partial charge is 0.143 e. The van der Waals surface area contributed by atoms with Gasteiger partial charge in [0.05, 0.1) is 16.6 Å². The molecular weight excluding hydrogens is 268 g/mol. The summed E-state index contributed by atoms with van der Waals surface area (Å²) in [4.78, 5) is 17.1. The number of rotatable bonds is 3. The average molecular weight is 286 g/mol. The summed E-state index contributed by atoms with van der Waals surface area (Å²) in [5.41, 5.74) is 1.37. The molecule has 1 saturated heterocycles. The van der Waals surface area contributed by atoms with Crippen LogP contribution < -0.4 is 5.32 Å². The van der Waals surface area contributed by atoms with Crippen molar-refractivity contribution < 1.29 is 4.79 Å². The molecule has 2 aliphatic rings. The van der Waals surface area contributed by atoms with Gasteiger partial charge in [-0.05, 0) is 49.9 Å². The first-order valence-electron chi connectivity index (χ1n) is 7.35. The fourth-order valence-corrected chi connectivity index (χ4v) is 4.53. The lowest BCUT2D eigenvalue weighted by Gasteiger charge is -2.23. The molecule has 0 radical (unpaired) electrons. The van der Waals surface area contributed by atoms with Gasteiger partial charge >= 0.3 is 0 Å². The number of nitrogens with one attached hydrogen (secondary N) is 1. The number of carbonyl (C=O) groups is 1. The molecule has 1 aliphatic carbocycles. The highest BCUT2D eigenvalue weighted by atomic mass is 32.1. The molecule has 20 heavy (non-hydrogen) atoms. The Morgan fingerprint density at radius 2 is 2.15 bits per heavy atom. The highest BCUT2D eigenvalue weighted by Gasteiger charge is 2.57. The first-order valence-corrected chi connectivity index (χ1v) is 8.16. The van der Waals surface area contributed by atoms with Crippen molar-refractivity contribution in [2.45, 2.75) is 25.7 Å². The van der Waals surface area contributed by atoms with E-state index in [0.717, 1.165) is 30.0 Å². The molecule has 4 rings (SSSR count). The number of Topliss-reactive ketones (excluding diaryl/α,β-unsaturated/α-hetero) is 1. The van der Waals surface area contributed by atoms with E-state index in [-0.39, 0.29) is 0 Å². The maximum atomic E-state index is 12.5. The minimum absolute atomic E-state index is 0.302. The summed E-state index contributed by atoms with van der Waals surface area (Å²) in [5.74, 6) is 0.711. The minimum Gasteiger partial charge on any atom is -0.317 e. The molecule has 2 heterocycles. The molecule has 1 saturated carbocycles. The maximum absolute atomic E-state index is 12.5. The summed E-state index contributed by atoms with van der Waals surface area (Å²) in [6.07, 6.45) is 3.98. The van der Waals surface area contributed by atoms with Crippen LogP contribution in [0.25, 0.3) is 10.2 Å². The first-order chi connectivity index (χ1) is 9.77. The molecule has 4 heteroatoms. The number of hydrogen-bond donors (Lipinski definition) is 1. The second-order valence-corrected chi connectivity index (χ2v) is 7.20. The zero-order valence-electron chi connectivity index (χ0n) is 11.4. The molecule has 1 unspecified atom stereocenters. The van der Waals surface area contributed by atoms with Crippen LogP contribution >= 0.6 is 11.3 Å². The van der Waals surface area contributed by atoms with Gasteiger partial charge in [0.25, 0.3) is 0 Å². The number of piperidine rings is 1. The minimum atomic E-state index is 0.302. The van der Waals surface area contributed by atoms with E-state index >= 15 is 0 Å². The summed E-state index contributed by atoms with van der Waals surface area (Å²) in [5, 5.41) is 4.36. The molecule has 1 spiro atoms. The molecule has 1 aromatic heterocycles. The molecule has 0 bridgehead atoms. The van der Waals surface area contributed by atoms with Gasteiger partial charge in [0, 0.05) is 5.92 Å². The van der Waals surface area contributed by atoms with Crippen molar-refractivity contribution in [2.75, 3.05) is 13.1 Å². The third kappa shape index (κ3) is 2.07. The molecule has 1 aromatic carbocycles. The predicted molar refractivity (Wildman–Crippen MR) is 81.0 cm³/mol. The number of ketones is 1. The Bertz CT molecular complexity index is 624. The number of aromatic nitrogens is 1. The molecule has 2 fully saturated rings. The van der Waals surface area contributed by atoms with Gasteiger partial charge in [-0.1, -0.05) is 12.1 Å². The third-order valence-electron chi connectivity index (χ3n) is 4.84. The topological polar surface area (TPSA) is 42.0 Å². The SMILES string of the molecule is O=C(Cc1nc2ccccc2s1)C1CC12CCNCC2. The van der Waals surface area contributed by atoms with Crippen molar-refractivity contribution in [3.63, 3.8) is 0 Å². The number of nitrogens with zero attached hydrogens (tertiary/aromatic N) is 1. The van der Waals surface area contributed by atoms with E-state index in [9.17, 15) is 4.79 Å². The van der Waals surface area contributed by atoms with Crippen LogP contribution in [-0.2, 0) is 11.2 Å². The molecule has 1 N–H and O–H groups in total. The molecule has 1 aliphatic heterocycles. The van der Waals surface area contributed by atoms with Crippen LogP contribution in [0.3, 0.4) is 0 Å². The van der Waals surface area contributed by atoms with Crippen molar-refractivity contribution in [1.29, 1.82) is 0 Å². The summed E-state index contributed by atoms with van der Waals surface area (Å²) in [6.45, 7) is 2.15. The van der Waals surface area contributed by atoms with E-state index < -0.39 is 0 Å². The van der Waals surface area contributed by atoms with Crippen LogP contribution in [-0.4, -0.2) is 23.9 Å². The van der Waals surface area contributed by atoms with E-state index in [4.69, 9.17) is 0 Å². The Balaban J connectivity index is 1.48. The van der Waals surface area contributed by atoms with Crippen molar-refractivity contribution in [3.05, 3.63) is 29.3 Å². The lowest BCUT2D eigenvalue weighted by molar-refractivity contribution is -0.120. The Morgan fingerprint density at radius 1 is 1.35 bits per heavy atom. The fraction of sp³-hybridized carbons (Fsp3) is 0.500. The van der Waals surface area contributed by atoms with Crippen LogP contribution in [0.1, 0.15) is 24.3 Å². The molecule has 104 valence electrons. The highest BCUT2D eigenvalue weighted by Crippen LogP contribution is 2.59. The number of hydrogen-bond acceptors (Lipinski definition) is 4. The van der Waals surface area contributed by atoms with E-state index in [1.807, 2.05) is 18.2 Å². The van der Waals surface area contributed by atoms with Crippen molar-refractivity contribution in [1.82, 2.24) is 10.3 Å². The summed E-state index contributed by atoms with van der Waals surface area (Å²) in [6, 6.07) is 8.12. The summed E-state index contributed by atoms with van der Waals surface area (Å²) >= 11 is 1.66. The van der Waals surface area contributed by atoms with Crippen LogP contribution in [0.4, 0.5) is 0 Å². The number of fused-ring (bicyclic) bond motifs is 1. The van der Waals surface area contributed by atoms with Gasteiger partial charge < -0.3 is 5.32 Å². The molecule has 3 nitrogen and oxygen atoms in total. The molecule has 0 amide bonds. The first kappa shape index (κ1) is 12.5. The largest absolute Gasteiger partial charge is 0.317 e. The fourth-order valence-electron chi connectivity index (χ4n) is 3.55. The molecule has 2 aromatic rings. The molecule has 1 atom stereocenters. The third-order valence-corrected chi connectivity index (χ3v) is 5.88. The van der Waals surface area contributed by atoms with E-state index in [0.29, 0.717) is 23.5 Å². The van der Waals surface area contributed by atoms with Gasteiger partial charge in [0.15, 0.2) is 0 Å². The summed E-state index contributed by atoms with van der Waals surface area (Å²) < 4.78 is 1.18. The van der Waals surface area contributed by atoms with Gasteiger partial charge in [0.2, 0.25) is 0 Å². The van der Waals surface area contributed by atoms with Gasteiger partial charge in [-0.25, -0.2) is 4.98 Å². The second-order valence-electron chi connectivity index (χ2n) is 6.09. The van der Waals surface area contributed by atoms with Crippen LogP contribution in [0.15, 0.2) is 24.3 Å². The Kier molecular flexibility index (Phi) is 2.89.